The highest BCUT2D eigenvalue weighted by molar-refractivity contribution is 7.27. The van der Waals surface area contributed by atoms with Crippen LogP contribution in [0.15, 0.2) is 65.9 Å². The largest absolute Gasteiger partial charge is 0.508 e. The molecule has 1 unspecified atom stereocenters. The van der Waals surface area contributed by atoms with Crippen molar-refractivity contribution in [2.75, 3.05) is 0 Å². The van der Waals surface area contributed by atoms with E-state index < -0.39 is 0 Å². The Morgan fingerprint density at radius 1 is 1.09 bits per heavy atom. The van der Waals surface area contributed by atoms with E-state index in [1.54, 1.807) is 0 Å². The summed E-state index contributed by atoms with van der Waals surface area (Å²) >= 11 is 6.06. The minimum absolute atomic E-state index is 0.407. The summed E-state index contributed by atoms with van der Waals surface area (Å²) in [6.45, 7) is 0. The zero-order valence-corrected chi connectivity index (χ0v) is 14.1. The standard InChI is InChI=1S/C19H18ClOP/c20-15-9-10-16(19(22)11-15)17(13-5-2-1-3-6-13)12-18(21)14-7-4-8-14/h1-3,5-6,9-12,21H,4,7-8,22H2/b17-12+. The van der Waals surface area contributed by atoms with E-state index in [0.717, 1.165) is 40.4 Å². The molecule has 22 heavy (non-hydrogen) atoms. The fraction of sp³-hybridized carbons (Fsp3) is 0.158. The molecule has 2 aromatic carbocycles. The van der Waals surface area contributed by atoms with Crippen LogP contribution in [0.1, 0.15) is 30.4 Å². The van der Waals surface area contributed by atoms with Gasteiger partial charge in [-0.25, -0.2) is 0 Å². The Labute approximate surface area is 138 Å². The lowest BCUT2D eigenvalue weighted by atomic mass is 9.89. The van der Waals surface area contributed by atoms with E-state index in [4.69, 9.17) is 11.6 Å². The molecule has 2 aromatic rings. The number of aliphatic hydroxyl groups excluding tert-OH is 1. The minimum Gasteiger partial charge on any atom is -0.508 e. The molecule has 0 aliphatic heterocycles. The second kappa shape index (κ2) is 6.69. The predicted octanol–water partition coefficient (Wildman–Crippen LogP) is 5.27. The molecule has 1 saturated carbocycles. The third-order valence-electron chi connectivity index (χ3n) is 3.99. The van der Waals surface area contributed by atoms with E-state index in [1.165, 1.54) is 6.42 Å². The van der Waals surface area contributed by atoms with Crippen LogP contribution in [0.2, 0.25) is 5.02 Å². The van der Waals surface area contributed by atoms with Crippen LogP contribution in [-0.2, 0) is 0 Å². The quantitative estimate of drug-likeness (QED) is 0.601. The van der Waals surface area contributed by atoms with Gasteiger partial charge in [0, 0.05) is 5.02 Å². The average Bonchev–Trinajstić information content (AvgIpc) is 2.44. The fourth-order valence-corrected chi connectivity index (χ4v) is 3.28. The monoisotopic (exact) mass is 328 g/mol. The molecular weight excluding hydrogens is 311 g/mol. The Balaban J connectivity index is 2.13. The lowest BCUT2D eigenvalue weighted by molar-refractivity contribution is 0.407. The molecule has 0 spiro atoms. The summed E-state index contributed by atoms with van der Waals surface area (Å²) in [6, 6.07) is 15.9. The predicted molar refractivity (Wildman–Crippen MR) is 97.8 cm³/mol. The first kappa shape index (κ1) is 15.3. The highest BCUT2D eigenvalue weighted by atomic mass is 35.5. The summed E-state index contributed by atoms with van der Waals surface area (Å²) in [4.78, 5) is 0. The molecule has 1 aliphatic rings. The summed E-state index contributed by atoms with van der Waals surface area (Å²) in [7, 11) is 2.73. The SMILES string of the molecule is OC(/C=C(\c1ccccc1)c1ccc(Cl)cc1P)=C1CCC1. The van der Waals surface area contributed by atoms with Gasteiger partial charge in [0.05, 0.1) is 0 Å². The van der Waals surface area contributed by atoms with Crippen molar-refractivity contribution in [1.82, 2.24) is 0 Å². The van der Waals surface area contributed by atoms with Crippen LogP contribution in [-0.4, -0.2) is 5.11 Å². The number of benzene rings is 2. The zero-order chi connectivity index (χ0) is 15.5. The van der Waals surface area contributed by atoms with E-state index in [2.05, 4.69) is 21.4 Å². The normalized spacial score (nSPS) is 14.6. The van der Waals surface area contributed by atoms with Gasteiger partial charge in [-0.1, -0.05) is 48.0 Å². The molecular formula is C19H18ClOP. The number of aliphatic hydroxyl groups is 1. The molecule has 112 valence electrons. The number of rotatable bonds is 3. The number of allylic oxidation sites excluding steroid dienone is 2. The van der Waals surface area contributed by atoms with E-state index in [-0.39, 0.29) is 0 Å². The summed E-state index contributed by atoms with van der Waals surface area (Å²) < 4.78 is 0. The van der Waals surface area contributed by atoms with Crippen LogP contribution in [0.25, 0.3) is 5.57 Å². The zero-order valence-electron chi connectivity index (χ0n) is 12.2. The molecule has 1 aliphatic carbocycles. The van der Waals surface area contributed by atoms with Gasteiger partial charge in [0.15, 0.2) is 0 Å². The van der Waals surface area contributed by atoms with Crippen molar-refractivity contribution in [3.63, 3.8) is 0 Å². The van der Waals surface area contributed by atoms with Crippen molar-refractivity contribution in [3.05, 3.63) is 82.1 Å². The summed E-state index contributed by atoms with van der Waals surface area (Å²) in [5.74, 6) is 0.407. The third-order valence-corrected chi connectivity index (χ3v) is 4.70. The van der Waals surface area contributed by atoms with Crippen molar-refractivity contribution in [1.29, 1.82) is 0 Å². The van der Waals surface area contributed by atoms with E-state index in [0.29, 0.717) is 10.8 Å². The van der Waals surface area contributed by atoms with Gasteiger partial charge < -0.3 is 5.11 Å². The van der Waals surface area contributed by atoms with Crippen molar-refractivity contribution >= 4 is 31.7 Å². The topological polar surface area (TPSA) is 20.2 Å². The third kappa shape index (κ3) is 3.27. The summed E-state index contributed by atoms with van der Waals surface area (Å²) in [5.41, 5.74) is 4.30. The fourth-order valence-electron chi connectivity index (χ4n) is 2.56. The van der Waals surface area contributed by atoms with Crippen molar-refractivity contribution < 1.29 is 5.11 Å². The van der Waals surface area contributed by atoms with E-state index in [1.807, 2.05) is 42.5 Å². The molecule has 0 saturated heterocycles. The Kier molecular flexibility index (Phi) is 4.66. The molecule has 0 radical (unpaired) electrons. The maximum Gasteiger partial charge on any atom is 0.115 e. The van der Waals surface area contributed by atoms with Crippen LogP contribution in [0.3, 0.4) is 0 Å². The Bertz CT molecular complexity index is 741. The highest BCUT2D eigenvalue weighted by Crippen LogP contribution is 2.31. The van der Waals surface area contributed by atoms with Gasteiger partial charge in [-0.3, -0.25) is 0 Å². The molecule has 1 N–H and O–H groups in total. The molecule has 0 aromatic heterocycles. The second-order valence-electron chi connectivity index (χ2n) is 5.50. The van der Waals surface area contributed by atoms with Crippen LogP contribution in [0.5, 0.6) is 0 Å². The Morgan fingerprint density at radius 2 is 1.82 bits per heavy atom. The average molecular weight is 329 g/mol. The van der Waals surface area contributed by atoms with Gasteiger partial charge >= 0.3 is 0 Å². The number of hydrogen-bond acceptors (Lipinski definition) is 1. The molecule has 1 atom stereocenters. The van der Waals surface area contributed by atoms with Gasteiger partial charge in [0.25, 0.3) is 0 Å². The van der Waals surface area contributed by atoms with Gasteiger partial charge in [-0.15, -0.1) is 9.24 Å². The number of halogens is 1. The first-order valence-corrected chi connectivity index (χ1v) is 8.34. The smallest absolute Gasteiger partial charge is 0.115 e. The minimum atomic E-state index is 0.407. The molecule has 1 fully saturated rings. The van der Waals surface area contributed by atoms with Gasteiger partial charge in [-0.2, -0.15) is 0 Å². The number of hydrogen-bond donors (Lipinski definition) is 1. The Hall–Kier alpha value is -1.56. The van der Waals surface area contributed by atoms with E-state index in [9.17, 15) is 5.11 Å². The summed E-state index contributed by atoms with van der Waals surface area (Å²) in [5, 5.41) is 12.1. The first-order valence-electron chi connectivity index (χ1n) is 7.38. The molecule has 3 rings (SSSR count). The van der Waals surface area contributed by atoms with Gasteiger partial charge in [-0.05, 0) is 65.0 Å². The summed E-state index contributed by atoms with van der Waals surface area (Å²) in [6.07, 6.45) is 5.06. The van der Waals surface area contributed by atoms with Crippen molar-refractivity contribution in [2.24, 2.45) is 0 Å². The van der Waals surface area contributed by atoms with Crippen LogP contribution in [0.4, 0.5) is 0 Å². The van der Waals surface area contributed by atoms with E-state index >= 15 is 0 Å². The lowest BCUT2D eigenvalue weighted by Crippen LogP contribution is -2.04. The van der Waals surface area contributed by atoms with Gasteiger partial charge in [0.1, 0.15) is 5.76 Å². The van der Waals surface area contributed by atoms with Crippen molar-refractivity contribution in [3.8, 4) is 0 Å². The second-order valence-corrected chi connectivity index (χ2v) is 6.56. The van der Waals surface area contributed by atoms with Crippen LogP contribution >= 0.6 is 20.8 Å². The first-order chi connectivity index (χ1) is 10.6. The van der Waals surface area contributed by atoms with Crippen LogP contribution in [0, 0.1) is 0 Å². The maximum atomic E-state index is 10.4. The molecule has 0 heterocycles. The Morgan fingerprint density at radius 3 is 2.41 bits per heavy atom. The highest BCUT2D eigenvalue weighted by Gasteiger charge is 2.15. The molecule has 0 amide bonds. The van der Waals surface area contributed by atoms with Gasteiger partial charge in [0.2, 0.25) is 0 Å². The molecule has 0 bridgehead atoms. The van der Waals surface area contributed by atoms with Crippen LogP contribution < -0.4 is 5.30 Å². The lowest BCUT2D eigenvalue weighted by Gasteiger charge is -2.18. The molecule has 3 heteroatoms. The maximum absolute atomic E-state index is 10.4. The molecule has 1 nitrogen and oxygen atoms in total. The van der Waals surface area contributed by atoms with Crippen molar-refractivity contribution in [2.45, 2.75) is 19.3 Å².